The lowest BCUT2D eigenvalue weighted by atomic mass is 10.1. The largest absolute Gasteiger partial charge is 0.489 e. The quantitative estimate of drug-likeness (QED) is 0.847. The van der Waals surface area contributed by atoms with Gasteiger partial charge in [0.05, 0.1) is 32.8 Å². The standard InChI is InChI=1S/C21H24O7/c22-21(23)13-16-14-27-19-7-3-1-5-17(19)25-11-9-24-10-12-26-18-6-2-4-8-20(18)28-15-16/h1-8,16H,9-15H2,(H,22,23). The van der Waals surface area contributed by atoms with Crippen LogP contribution < -0.4 is 18.9 Å². The molecule has 1 aliphatic heterocycles. The maximum Gasteiger partial charge on any atom is 0.303 e. The van der Waals surface area contributed by atoms with Crippen molar-refractivity contribution in [3.63, 3.8) is 0 Å². The summed E-state index contributed by atoms with van der Waals surface area (Å²) in [5.41, 5.74) is 0. The summed E-state index contributed by atoms with van der Waals surface area (Å²) < 4.78 is 28.7. The molecule has 2 aromatic carbocycles. The van der Waals surface area contributed by atoms with E-state index in [9.17, 15) is 9.90 Å². The van der Waals surface area contributed by atoms with Crippen molar-refractivity contribution >= 4 is 5.97 Å². The topological polar surface area (TPSA) is 83.5 Å². The van der Waals surface area contributed by atoms with Crippen LogP contribution in [0.5, 0.6) is 23.0 Å². The van der Waals surface area contributed by atoms with Crippen LogP contribution in [0.25, 0.3) is 0 Å². The molecule has 0 amide bonds. The third-order valence-corrected chi connectivity index (χ3v) is 4.08. The minimum absolute atomic E-state index is 0.0696. The summed E-state index contributed by atoms with van der Waals surface area (Å²) in [5.74, 6) is 1.07. The minimum Gasteiger partial charge on any atom is -0.489 e. The van der Waals surface area contributed by atoms with Crippen LogP contribution in [-0.4, -0.2) is 50.7 Å². The molecule has 3 rings (SSSR count). The number of benzene rings is 2. The van der Waals surface area contributed by atoms with E-state index >= 15 is 0 Å². The molecular weight excluding hydrogens is 364 g/mol. The first-order chi connectivity index (χ1) is 13.7. The summed E-state index contributed by atoms with van der Waals surface area (Å²) in [6.45, 7) is 1.95. The molecule has 0 saturated heterocycles. The molecule has 0 bridgehead atoms. The number of hydrogen-bond donors (Lipinski definition) is 1. The van der Waals surface area contributed by atoms with Crippen LogP contribution in [-0.2, 0) is 9.53 Å². The summed E-state index contributed by atoms with van der Waals surface area (Å²) in [7, 11) is 0. The summed E-state index contributed by atoms with van der Waals surface area (Å²) >= 11 is 0. The van der Waals surface area contributed by atoms with Crippen LogP contribution in [0.3, 0.4) is 0 Å². The van der Waals surface area contributed by atoms with Crippen molar-refractivity contribution in [1.82, 2.24) is 0 Å². The Kier molecular flexibility index (Phi) is 7.37. The van der Waals surface area contributed by atoms with Gasteiger partial charge in [0.25, 0.3) is 0 Å². The van der Waals surface area contributed by atoms with Crippen molar-refractivity contribution in [1.29, 1.82) is 0 Å². The lowest BCUT2D eigenvalue weighted by Crippen LogP contribution is -2.23. The highest BCUT2D eigenvalue weighted by Crippen LogP contribution is 2.29. The molecule has 28 heavy (non-hydrogen) atoms. The van der Waals surface area contributed by atoms with E-state index in [1.54, 1.807) is 24.3 Å². The van der Waals surface area contributed by atoms with Gasteiger partial charge in [-0.25, -0.2) is 0 Å². The average molecular weight is 388 g/mol. The first-order valence-electron chi connectivity index (χ1n) is 9.21. The highest BCUT2D eigenvalue weighted by molar-refractivity contribution is 5.67. The Morgan fingerprint density at radius 1 is 0.750 bits per heavy atom. The van der Waals surface area contributed by atoms with Gasteiger partial charge >= 0.3 is 5.97 Å². The molecule has 2 aromatic rings. The van der Waals surface area contributed by atoms with Gasteiger partial charge in [0.2, 0.25) is 0 Å². The number of aliphatic carboxylic acids is 1. The van der Waals surface area contributed by atoms with Crippen molar-refractivity contribution in [3.05, 3.63) is 48.5 Å². The van der Waals surface area contributed by atoms with Crippen molar-refractivity contribution in [2.75, 3.05) is 39.6 Å². The van der Waals surface area contributed by atoms with Gasteiger partial charge in [-0.05, 0) is 24.3 Å². The molecule has 0 aromatic heterocycles. The number of ether oxygens (including phenoxy) is 5. The van der Waals surface area contributed by atoms with Gasteiger partial charge in [-0.3, -0.25) is 4.79 Å². The van der Waals surface area contributed by atoms with Crippen LogP contribution in [0.2, 0.25) is 0 Å². The molecule has 1 heterocycles. The highest BCUT2D eigenvalue weighted by Gasteiger charge is 2.18. The second-order valence-electron chi connectivity index (χ2n) is 6.29. The normalized spacial score (nSPS) is 16.3. The monoisotopic (exact) mass is 388 g/mol. The zero-order chi connectivity index (χ0) is 19.6. The zero-order valence-corrected chi connectivity index (χ0v) is 15.5. The molecule has 1 aliphatic rings. The molecule has 0 fully saturated rings. The van der Waals surface area contributed by atoms with Crippen LogP contribution >= 0.6 is 0 Å². The summed E-state index contributed by atoms with van der Waals surface area (Å²) in [6, 6.07) is 14.6. The maximum atomic E-state index is 11.2. The zero-order valence-electron chi connectivity index (χ0n) is 15.5. The number of para-hydroxylation sites is 4. The van der Waals surface area contributed by atoms with E-state index in [1.807, 2.05) is 24.3 Å². The van der Waals surface area contributed by atoms with Crippen LogP contribution in [0, 0.1) is 5.92 Å². The molecular formula is C21H24O7. The fourth-order valence-corrected chi connectivity index (χ4v) is 2.73. The molecule has 7 nitrogen and oxygen atoms in total. The van der Waals surface area contributed by atoms with Crippen LogP contribution in [0.4, 0.5) is 0 Å². The van der Waals surface area contributed by atoms with Crippen molar-refractivity contribution in [2.24, 2.45) is 5.92 Å². The smallest absolute Gasteiger partial charge is 0.303 e. The number of hydrogen-bond acceptors (Lipinski definition) is 6. The number of carboxylic acids is 1. The van der Waals surface area contributed by atoms with E-state index in [0.717, 1.165) is 0 Å². The predicted molar refractivity (Wildman–Crippen MR) is 101 cm³/mol. The Morgan fingerprint density at radius 2 is 1.18 bits per heavy atom. The van der Waals surface area contributed by atoms with Crippen molar-refractivity contribution in [2.45, 2.75) is 6.42 Å². The number of carbonyl (C=O) groups is 1. The average Bonchev–Trinajstić information content (AvgIpc) is 2.69. The third-order valence-electron chi connectivity index (χ3n) is 4.08. The lowest BCUT2D eigenvalue weighted by Gasteiger charge is -2.20. The summed E-state index contributed by atoms with van der Waals surface area (Å²) in [6.07, 6.45) is -0.0696. The van der Waals surface area contributed by atoms with Gasteiger partial charge in [0, 0.05) is 5.92 Å². The van der Waals surface area contributed by atoms with Crippen LogP contribution in [0.15, 0.2) is 48.5 Å². The molecule has 7 heteroatoms. The van der Waals surface area contributed by atoms with E-state index in [2.05, 4.69) is 0 Å². The third kappa shape index (κ3) is 6.06. The number of carboxylic acid groups (broad SMARTS) is 1. The molecule has 0 atom stereocenters. The molecule has 0 radical (unpaired) electrons. The SMILES string of the molecule is O=C(O)CC1COc2ccccc2OCCOCCOc2ccccc2OC1. The predicted octanol–water partition coefficient (Wildman–Crippen LogP) is 3.02. The summed E-state index contributed by atoms with van der Waals surface area (Å²) in [4.78, 5) is 11.2. The second-order valence-corrected chi connectivity index (χ2v) is 6.29. The van der Waals surface area contributed by atoms with Crippen molar-refractivity contribution < 1.29 is 33.6 Å². The molecule has 0 spiro atoms. The van der Waals surface area contributed by atoms with E-state index in [1.165, 1.54) is 0 Å². The maximum absolute atomic E-state index is 11.2. The second kappa shape index (κ2) is 10.4. The van der Waals surface area contributed by atoms with E-state index in [0.29, 0.717) is 49.4 Å². The summed E-state index contributed by atoms with van der Waals surface area (Å²) in [5, 5.41) is 9.22. The number of rotatable bonds is 2. The van der Waals surface area contributed by atoms with Gasteiger partial charge in [0.15, 0.2) is 23.0 Å². The van der Waals surface area contributed by atoms with E-state index in [4.69, 9.17) is 23.7 Å². The van der Waals surface area contributed by atoms with Crippen molar-refractivity contribution in [3.8, 4) is 23.0 Å². The highest BCUT2D eigenvalue weighted by atomic mass is 16.6. The van der Waals surface area contributed by atoms with Gasteiger partial charge in [0.1, 0.15) is 13.2 Å². The Labute approximate surface area is 163 Å². The number of fused-ring (bicyclic) bond motifs is 2. The Balaban J connectivity index is 1.75. The molecule has 0 unspecified atom stereocenters. The van der Waals surface area contributed by atoms with Gasteiger partial charge in [-0.15, -0.1) is 0 Å². The van der Waals surface area contributed by atoms with E-state index in [-0.39, 0.29) is 25.6 Å². The van der Waals surface area contributed by atoms with Gasteiger partial charge in [-0.1, -0.05) is 24.3 Å². The fourth-order valence-electron chi connectivity index (χ4n) is 2.73. The van der Waals surface area contributed by atoms with Gasteiger partial charge < -0.3 is 28.8 Å². The Bertz CT molecular complexity index is 706. The Hall–Kier alpha value is -2.93. The molecule has 1 N–H and O–H groups in total. The molecule has 0 aliphatic carbocycles. The minimum atomic E-state index is -0.905. The fraction of sp³-hybridized carbons (Fsp3) is 0.381. The first-order valence-corrected chi connectivity index (χ1v) is 9.21. The Morgan fingerprint density at radius 3 is 1.61 bits per heavy atom. The van der Waals surface area contributed by atoms with E-state index < -0.39 is 5.97 Å². The lowest BCUT2D eigenvalue weighted by molar-refractivity contribution is -0.138. The van der Waals surface area contributed by atoms with Crippen LogP contribution in [0.1, 0.15) is 6.42 Å². The molecule has 0 saturated carbocycles. The van der Waals surface area contributed by atoms with Gasteiger partial charge in [-0.2, -0.15) is 0 Å². The first kappa shape index (κ1) is 19.8. The molecule has 150 valence electrons.